The van der Waals surface area contributed by atoms with Crippen molar-refractivity contribution in [3.8, 4) is 0 Å². The lowest BCUT2D eigenvalue weighted by atomic mass is 10.4. The lowest BCUT2D eigenvalue weighted by Gasteiger charge is -2.12. The Bertz CT molecular complexity index is 302. The molecule has 1 rings (SSSR count). The summed E-state index contributed by atoms with van der Waals surface area (Å²) in [7, 11) is 0. The van der Waals surface area contributed by atoms with Crippen LogP contribution in [0.1, 0.15) is 13.8 Å². The summed E-state index contributed by atoms with van der Waals surface area (Å²) in [5.41, 5.74) is 5.44. The minimum Gasteiger partial charge on any atom is -0.368 e. The molecule has 1 unspecified atom stereocenters. The van der Waals surface area contributed by atoms with E-state index in [2.05, 4.69) is 34.1 Å². The number of hydrogen-bond donors (Lipinski definition) is 2. The van der Waals surface area contributed by atoms with Crippen LogP contribution in [0.25, 0.3) is 0 Å². The van der Waals surface area contributed by atoms with Crippen molar-refractivity contribution in [1.29, 1.82) is 0 Å². The summed E-state index contributed by atoms with van der Waals surface area (Å²) in [6.07, 6.45) is 0. The van der Waals surface area contributed by atoms with Crippen LogP contribution in [0, 0.1) is 0 Å². The highest BCUT2D eigenvalue weighted by Gasteiger charge is 2.06. The lowest BCUT2D eigenvalue weighted by molar-refractivity contribution is 0.880. The minimum absolute atomic E-state index is 0.111. The molecular weight excluding hydrogens is 234 g/mol. The summed E-state index contributed by atoms with van der Waals surface area (Å²) in [5.74, 6) is 2.63. The van der Waals surface area contributed by atoms with E-state index in [-0.39, 0.29) is 17.3 Å². The highest BCUT2D eigenvalue weighted by Crippen LogP contribution is 2.10. The quantitative estimate of drug-likeness (QED) is 0.824. The van der Waals surface area contributed by atoms with Crippen molar-refractivity contribution in [2.75, 3.05) is 22.6 Å². The van der Waals surface area contributed by atoms with Gasteiger partial charge in [0.05, 0.1) is 0 Å². The Morgan fingerprint density at radius 1 is 1.47 bits per heavy atom. The van der Waals surface area contributed by atoms with Gasteiger partial charge in [-0.3, -0.25) is 0 Å². The first-order chi connectivity index (χ1) is 7.11. The molecule has 1 aromatic heterocycles. The zero-order valence-corrected chi connectivity index (χ0v) is 10.3. The Balaban J connectivity index is 2.56. The number of thioether (sulfide) groups is 1. The largest absolute Gasteiger partial charge is 0.368 e. The van der Waals surface area contributed by atoms with Crippen LogP contribution in [-0.4, -0.2) is 32.5 Å². The molecule has 0 radical (unpaired) electrons. The maximum atomic E-state index is 5.65. The number of nitrogens with two attached hydrogens (primary N) is 1. The van der Waals surface area contributed by atoms with Gasteiger partial charge in [0.15, 0.2) is 0 Å². The maximum Gasteiger partial charge on any atom is 0.229 e. The first kappa shape index (κ1) is 12.3. The van der Waals surface area contributed by atoms with Gasteiger partial charge in [-0.15, -0.1) is 0 Å². The van der Waals surface area contributed by atoms with Crippen LogP contribution in [0.5, 0.6) is 0 Å². The van der Waals surface area contributed by atoms with Gasteiger partial charge in [0.1, 0.15) is 0 Å². The third kappa shape index (κ3) is 4.53. The summed E-state index contributed by atoms with van der Waals surface area (Å²) >= 11 is 7.50. The van der Waals surface area contributed by atoms with Crippen molar-refractivity contribution in [2.24, 2.45) is 0 Å². The summed E-state index contributed by atoms with van der Waals surface area (Å²) in [4.78, 5) is 11.5. The number of nitrogen functional groups attached to an aromatic ring is 1. The number of aromatic nitrogens is 3. The molecule has 0 aliphatic rings. The van der Waals surface area contributed by atoms with Gasteiger partial charge >= 0.3 is 0 Å². The fourth-order valence-corrected chi connectivity index (χ4v) is 1.83. The molecule has 15 heavy (non-hydrogen) atoms. The molecule has 0 fully saturated rings. The van der Waals surface area contributed by atoms with Crippen LogP contribution >= 0.6 is 23.4 Å². The fraction of sp³-hybridized carbons (Fsp3) is 0.625. The molecule has 0 bridgehead atoms. The summed E-state index contributed by atoms with van der Waals surface area (Å²) < 4.78 is 0. The van der Waals surface area contributed by atoms with E-state index in [4.69, 9.17) is 17.3 Å². The zero-order chi connectivity index (χ0) is 11.3. The van der Waals surface area contributed by atoms with Crippen LogP contribution < -0.4 is 11.1 Å². The average molecular weight is 248 g/mol. The van der Waals surface area contributed by atoms with Crippen molar-refractivity contribution in [3.63, 3.8) is 0 Å². The number of rotatable bonds is 5. The second-order valence-electron chi connectivity index (χ2n) is 2.99. The molecule has 84 valence electrons. The number of halogens is 1. The van der Waals surface area contributed by atoms with Crippen molar-refractivity contribution in [3.05, 3.63) is 5.28 Å². The molecule has 0 saturated heterocycles. The topological polar surface area (TPSA) is 76.7 Å². The van der Waals surface area contributed by atoms with Crippen molar-refractivity contribution in [2.45, 2.75) is 19.9 Å². The van der Waals surface area contributed by atoms with E-state index in [9.17, 15) is 0 Å². The van der Waals surface area contributed by atoms with Crippen molar-refractivity contribution in [1.82, 2.24) is 15.0 Å². The van der Waals surface area contributed by atoms with Gasteiger partial charge in [-0.1, -0.05) is 6.92 Å². The third-order valence-electron chi connectivity index (χ3n) is 1.57. The molecule has 0 aliphatic heterocycles. The van der Waals surface area contributed by atoms with E-state index in [1.54, 1.807) is 0 Å². The molecule has 1 heterocycles. The van der Waals surface area contributed by atoms with Gasteiger partial charge < -0.3 is 11.1 Å². The van der Waals surface area contributed by atoms with Crippen LogP contribution in [0.2, 0.25) is 5.28 Å². The zero-order valence-electron chi connectivity index (χ0n) is 8.70. The Hall–Kier alpha value is -0.750. The van der Waals surface area contributed by atoms with Crippen LogP contribution in [0.4, 0.5) is 11.9 Å². The number of nitrogens with one attached hydrogen (secondary N) is 1. The second kappa shape index (κ2) is 5.97. The van der Waals surface area contributed by atoms with E-state index in [0.29, 0.717) is 5.95 Å². The summed E-state index contributed by atoms with van der Waals surface area (Å²) in [6.45, 7) is 4.17. The molecule has 1 aromatic rings. The molecule has 0 amide bonds. The van der Waals surface area contributed by atoms with Gasteiger partial charge in [-0.05, 0) is 24.3 Å². The number of hydrogen-bond acceptors (Lipinski definition) is 6. The Kier molecular flexibility index (Phi) is 4.90. The molecule has 0 spiro atoms. The van der Waals surface area contributed by atoms with Crippen molar-refractivity contribution >= 4 is 35.3 Å². The van der Waals surface area contributed by atoms with Gasteiger partial charge in [-0.25, -0.2) is 0 Å². The second-order valence-corrected chi connectivity index (χ2v) is 4.65. The predicted octanol–water partition coefficient (Wildman–Crippen LogP) is 1.66. The van der Waals surface area contributed by atoms with Crippen LogP contribution in [0.3, 0.4) is 0 Å². The number of anilines is 2. The third-order valence-corrected chi connectivity index (χ3v) is 2.89. The van der Waals surface area contributed by atoms with Crippen LogP contribution in [-0.2, 0) is 0 Å². The molecule has 0 saturated carbocycles. The fourth-order valence-electron chi connectivity index (χ4n) is 0.987. The summed E-state index contributed by atoms with van der Waals surface area (Å²) in [5, 5.41) is 3.22. The average Bonchev–Trinajstić information content (AvgIpc) is 2.13. The minimum atomic E-state index is 0.111. The highest BCUT2D eigenvalue weighted by atomic mass is 35.5. The molecule has 1 atom stereocenters. The van der Waals surface area contributed by atoms with E-state index in [0.717, 1.165) is 11.5 Å². The van der Waals surface area contributed by atoms with Gasteiger partial charge in [0.2, 0.25) is 17.2 Å². The normalized spacial score (nSPS) is 12.5. The lowest BCUT2D eigenvalue weighted by Crippen LogP contribution is -2.20. The summed E-state index contributed by atoms with van der Waals surface area (Å²) in [6, 6.07) is 0.271. The highest BCUT2D eigenvalue weighted by molar-refractivity contribution is 7.99. The molecule has 3 N–H and O–H groups in total. The molecular formula is C8H14ClN5S. The number of nitrogens with zero attached hydrogens (tertiary/aromatic N) is 3. The van der Waals surface area contributed by atoms with Gasteiger partial charge in [0, 0.05) is 11.8 Å². The van der Waals surface area contributed by atoms with Gasteiger partial charge in [-0.2, -0.15) is 26.7 Å². The van der Waals surface area contributed by atoms with E-state index in [1.165, 1.54) is 0 Å². The van der Waals surface area contributed by atoms with Gasteiger partial charge in [0.25, 0.3) is 0 Å². The van der Waals surface area contributed by atoms with E-state index in [1.807, 2.05) is 11.8 Å². The molecule has 5 nitrogen and oxygen atoms in total. The smallest absolute Gasteiger partial charge is 0.229 e. The first-order valence-corrected chi connectivity index (χ1v) is 6.16. The molecule has 0 aromatic carbocycles. The molecule has 0 aliphatic carbocycles. The standard InChI is InChI=1S/C8H14ClN5S/c1-3-15-4-5(2)11-8-13-6(9)12-7(10)14-8/h5H,3-4H2,1-2H3,(H3,10,11,12,13,14). The maximum absolute atomic E-state index is 5.65. The first-order valence-electron chi connectivity index (χ1n) is 4.63. The SMILES string of the molecule is CCSCC(C)Nc1nc(N)nc(Cl)n1. The van der Waals surface area contributed by atoms with Crippen molar-refractivity contribution < 1.29 is 0 Å². The Morgan fingerprint density at radius 2 is 2.20 bits per heavy atom. The van der Waals surface area contributed by atoms with E-state index < -0.39 is 0 Å². The predicted molar refractivity (Wildman–Crippen MR) is 65.3 cm³/mol. The van der Waals surface area contributed by atoms with E-state index >= 15 is 0 Å². The monoisotopic (exact) mass is 247 g/mol. The molecule has 7 heteroatoms. The Labute approximate surface area is 98.2 Å². The Morgan fingerprint density at radius 3 is 2.80 bits per heavy atom. The van der Waals surface area contributed by atoms with Crippen LogP contribution in [0.15, 0.2) is 0 Å².